The fourth-order valence-electron chi connectivity index (χ4n) is 1.07. The van der Waals surface area contributed by atoms with Crippen LogP contribution in [0.2, 0.25) is 0 Å². The molecule has 0 heterocycles. The number of carbonyl (C=O) groups excluding carboxylic acids is 1. The van der Waals surface area contributed by atoms with Crippen LogP contribution in [0, 0.1) is 0 Å². The molecule has 0 aliphatic rings. The van der Waals surface area contributed by atoms with E-state index in [1.165, 1.54) is 0 Å². The minimum absolute atomic E-state index is 0.171. The molecule has 0 aliphatic heterocycles. The quantitative estimate of drug-likeness (QED) is 0.400. The molecule has 0 spiro atoms. The smallest absolute Gasteiger partial charge is 0.326 e. The van der Waals surface area contributed by atoms with Gasteiger partial charge in [-0.15, -0.1) is 0 Å². The minimum Gasteiger partial charge on any atom is -0.481 e. The lowest BCUT2D eigenvalue weighted by molar-refractivity contribution is -0.147. The van der Waals surface area contributed by atoms with Crippen molar-refractivity contribution in [1.29, 1.82) is 0 Å². The first-order chi connectivity index (χ1) is 7.47. The van der Waals surface area contributed by atoms with Gasteiger partial charge in [0.05, 0.1) is 6.42 Å². The van der Waals surface area contributed by atoms with Gasteiger partial charge in [0.25, 0.3) is 0 Å². The maximum atomic E-state index is 11.2. The first-order valence-electron chi connectivity index (χ1n) is 4.86. The van der Waals surface area contributed by atoms with Crippen LogP contribution in [0.15, 0.2) is 0 Å². The molecule has 0 saturated carbocycles. The van der Waals surface area contributed by atoms with Gasteiger partial charge in [-0.05, 0) is 20.0 Å². The Balaban J connectivity index is 4.03. The maximum absolute atomic E-state index is 11.2. The number of hydrogen-bond donors (Lipinski definition) is 4. The van der Waals surface area contributed by atoms with Gasteiger partial charge < -0.3 is 20.8 Å². The molecule has 1 atom stereocenters. The summed E-state index contributed by atoms with van der Waals surface area (Å²) in [6, 6.07) is -1.36. The number of carboxylic acid groups (broad SMARTS) is 2. The molecule has 1 amide bonds. The second kappa shape index (κ2) is 7.63. The monoisotopic (exact) mass is 232 g/mol. The van der Waals surface area contributed by atoms with Crippen LogP contribution in [0.5, 0.6) is 0 Å². The predicted molar refractivity (Wildman–Crippen MR) is 55.0 cm³/mol. The summed E-state index contributed by atoms with van der Waals surface area (Å²) < 4.78 is 0. The highest BCUT2D eigenvalue weighted by atomic mass is 16.4. The van der Waals surface area contributed by atoms with Gasteiger partial charge in [0.1, 0.15) is 6.04 Å². The molecular weight excluding hydrogens is 216 g/mol. The zero-order valence-corrected chi connectivity index (χ0v) is 9.02. The van der Waals surface area contributed by atoms with E-state index in [0.717, 1.165) is 0 Å². The van der Waals surface area contributed by atoms with Crippen molar-refractivity contribution in [3.63, 3.8) is 0 Å². The molecule has 16 heavy (non-hydrogen) atoms. The summed E-state index contributed by atoms with van der Waals surface area (Å²) in [6.45, 7) is 0.643. The zero-order chi connectivity index (χ0) is 12.6. The van der Waals surface area contributed by atoms with Crippen LogP contribution in [0.3, 0.4) is 0 Å². The van der Waals surface area contributed by atoms with Gasteiger partial charge in [0.15, 0.2) is 0 Å². The molecule has 0 saturated heterocycles. The molecule has 7 nitrogen and oxygen atoms in total. The lowest BCUT2D eigenvalue weighted by atomic mass is 10.2. The molecule has 7 heteroatoms. The van der Waals surface area contributed by atoms with Gasteiger partial charge in [0, 0.05) is 6.42 Å². The summed E-state index contributed by atoms with van der Waals surface area (Å²) in [7, 11) is 1.74. The van der Waals surface area contributed by atoms with E-state index in [1.807, 2.05) is 0 Å². The van der Waals surface area contributed by atoms with Gasteiger partial charge in [-0.25, -0.2) is 4.79 Å². The molecule has 0 aromatic heterocycles. The maximum Gasteiger partial charge on any atom is 0.326 e. The fourth-order valence-corrected chi connectivity index (χ4v) is 1.07. The standard InChI is InChI=1S/C9H16N2O5/c1-10-4-2-3-7(12)11-6(9(15)16)5-8(13)14/h6,10H,2-5H2,1H3,(H,11,12)(H,13,14)(H,15,16). The molecule has 4 N–H and O–H groups in total. The Morgan fingerprint density at radius 3 is 2.31 bits per heavy atom. The largest absolute Gasteiger partial charge is 0.481 e. The first kappa shape index (κ1) is 14.4. The van der Waals surface area contributed by atoms with Crippen molar-refractivity contribution in [2.24, 2.45) is 0 Å². The second-order valence-corrected chi connectivity index (χ2v) is 3.26. The second-order valence-electron chi connectivity index (χ2n) is 3.26. The van der Waals surface area contributed by atoms with Gasteiger partial charge in [-0.2, -0.15) is 0 Å². The van der Waals surface area contributed by atoms with Crippen molar-refractivity contribution in [1.82, 2.24) is 10.6 Å². The topological polar surface area (TPSA) is 116 Å². The lowest BCUT2D eigenvalue weighted by Crippen LogP contribution is -2.42. The van der Waals surface area contributed by atoms with Gasteiger partial charge >= 0.3 is 11.9 Å². The average Bonchev–Trinajstić information content (AvgIpc) is 2.16. The number of carbonyl (C=O) groups is 3. The summed E-state index contributed by atoms with van der Waals surface area (Å²) >= 11 is 0. The summed E-state index contributed by atoms with van der Waals surface area (Å²) in [5, 5.41) is 22.1. The van der Waals surface area contributed by atoms with E-state index in [9.17, 15) is 14.4 Å². The van der Waals surface area contributed by atoms with Gasteiger partial charge in [-0.3, -0.25) is 9.59 Å². The Labute approximate surface area is 92.8 Å². The van der Waals surface area contributed by atoms with Gasteiger partial charge in [-0.1, -0.05) is 0 Å². The van der Waals surface area contributed by atoms with E-state index < -0.39 is 30.3 Å². The predicted octanol–water partition coefficient (Wildman–Crippen LogP) is -0.970. The van der Waals surface area contributed by atoms with E-state index in [0.29, 0.717) is 13.0 Å². The summed E-state index contributed by atoms with van der Waals surface area (Å²) in [5.41, 5.74) is 0. The third-order valence-electron chi connectivity index (χ3n) is 1.84. The van der Waals surface area contributed by atoms with E-state index >= 15 is 0 Å². The molecule has 0 fully saturated rings. The Kier molecular flexibility index (Phi) is 6.86. The van der Waals surface area contributed by atoms with E-state index in [4.69, 9.17) is 10.2 Å². The van der Waals surface area contributed by atoms with Crippen LogP contribution >= 0.6 is 0 Å². The fraction of sp³-hybridized carbons (Fsp3) is 0.667. The lowest BCUT2D eigenvalue weighted by Gasteiger charge is -2.12. The van der Waals surface area contributed by atoms with Crippen LogP contribution in [-0.4, -0.2) is 47.7 Å². The summed E-state index contributed by atoms with van der Waals surface area (Å²) in [5.74, 6) is -3.06. The first-order valence-corrected chi connectivity index (χ1v) is 4.86. The van der Waals surface area contributed by atoms with Crippen LogP contribution in [0.25, 0.3) is 0 Å². The Hall–Kier alpha value is -1.63. The molecule has 0 aliphatic carbocycles. The number of rotatable bonds is 8. The molecule has 92 valence electrons. The number of aliphatic carboxylic acids is 2. The number of carboxylic acids is 2. The highest BCUT2D eigenvalue weighted by molar-refractivity contribution is 5.86. The highest BCUT2D eigenvalue weighted by Crippen LogP contribution is 1.95. The third kappa shape index (κ3) is 6.77. The SMILES string of the molecule is CNCCCC(=O)NC(CC(=O)O)C(=O)O. The number of hydrogen-bond acceptors (Lipinski definition) is 4. The number of amides is 1. The Morgan fingerprint density at radius 2 is 1.88 bits per heavy atom. The van der Waals surface area contributed by atoms with Crippen molar-refractivity contribution in [3.8, 4) is 0 Å². The molecule has 0 radical (unpaired) electrons. The minimum atomic E-state index is -1.36. The molecule has 0 aromatic carbocycles. The van der Waals surface area contributed by atoms with Crippen molar-refractivity contribution < 1.29 is 24.6 Å². The van der Waals surface area contributed by atoms with Crippen LogP contribution in [0.1, 0.15) is 19.3 Å². The van der Waals surface area contributed by atoms with Crippen LogP contribution in [-0.2, 0) is 14.4 Å². The molecule has 0 bridgehead atoms. The Morgan fingerprint density at radius 1 is 1.25 bits per heavy atom. The van der Waals surface area contributed by atoms with E-state index in [1.54, 1.807) is 7.05 Å². The summed E-state index contributed by atoms with van der Waals surface area (Å²) in [6.07, 6.45) is 0.124. The Bertz CT molecular complexity index is 267. The van der Waals surface area contributed by atoms with Crippen LogP contribution < -0.4 is 10.6 Å². The molecule has 0 aromatic rings. The average molecular weight is 232 g/mol. The van der Waals surface area contributed by atoms with Crippen molar-refractivity contribution in [2.45, 2.75) is 25.3 Å². The van der Waals surface area contributed by atoms with Crippen molar-refractivity contribution in [3.05, 3.63) is 0 Å². The van der Waals surface area contributed by atoms with E-state index in [2.05, 4.69) is 10.6 Å². The van der Waals surface area contributed by atoms with Crippen LogP contribution in [0.4, 0.5) is 0 Å². The molecule has 0 rings (SSSR count). The zero-order valence-electron chi connectivity index (χ0n) is 9.02. The van der Waals surface area contributed by atoms with Gasteiger partial charge in [0.2, 0.25) is 5.91 Å². The summed E-state index contributed by atoms with van der Waals surface area (Å²) in [4.78, 5) is 32.2. The molecular formula is C9H16N2O5. The third-order valence-corrected chi connectivity index (χ3v) is 1.84. The van der Waals surface area contributed by atoms with Crippen molar-refractivity contribution >= 4 is 17.8 Å². The van der Waals surface area contributed by atoms with Crippen molar-refractivity contribution in [2.75, 3.05) is 13.6 Å². The highest BCUT2D eigenvalue weighted by Gasteiger charge is 2.22. The number of nitrogens with one attached hydrogen (secondary N) is 2. The normalized spacial score (nSPS) is 11.8. The molecule has 1 unspecified atom stereocenters. The van der Waals surface area contributed by atoms with E-state index in [-0.39, 0.29) is 6.42 Å².